The number of sulfonamides is 1. The van der Waals surface area contributed by atoms with Crippen LogP contribution in [0.15, 0.2) is 41.4 Å². The molecular weight excluding hydrogens is 372 g/mol. The average Bonchev–Trinajstić information content (AvgIpc) is 2.57. The SMILES string of the molecule is O=S(=O)(c1c(F)cccc1F)N1CCN(Cc2cccnc2Cl)CC1. The lowest BCUT2D eigenvalue weighted by Gasteiger charge is -2.34. The molecule has 0 amide bonds. The molecule has 5 nitrogen and oxygen atoms in total. The summed E-state index contributed by atoms with van der Waals surface area (Å²) in [6.07, 6.45) is 1.60. The first-order chi connectivity index (χ1) is 11.9. The van der Waals surface area contributed by atoms with Crippen molar-refractivity contribution in [3.8, 4) is 0 Å². The number of piperazine rings is 1. The number of hydrogen-bond acceptors (Lipinski definition) is 4. The van der Waals surface area contributed by atoms with Crippen molar-refractivity contribution in [1.82, 2.24) is 14.2 Å². The summed E-state index contributed by atoms with van der Waals surface area (Å²) in [7, 11) is -4.21. The van der Waals surface area contributed by atoms with Crippen LogP contribution in [0.25, 0.3) is 0 Å². The molecule has 0 bridgehead atoms. The third-order valence-corrected chi connectivity index (χ3v) is 6.37. The molecule has 0 spiro atoms. The Bertz CT molecular complexity index is 851. The highest BCUT2D eigenvalue weighted by molar-refractivity contribution is 7.89. The monoisotopic (exact) mass is 387 g/mol. The first kappa shape index (κ1) is 18.2. The Morgan fingerprint density at radius 2 is 1.68 bits per heavy atom. The fourth-order valence-electron chi connectivity index (χ4n) is 2.76. The van der Waals surface area contributed by atoms with Crippen molar-refractivity contribution < 1.29 is 17.2 Å². The third-order valence-electron chi connectivity index (χ3n) is 4.08. The highest BCUT2D eigenvalue weighted by atomic mass is 35.5. The van der Waals surface area contributed by atoms with Gasteiger partial charge in [-0.3, -0.25) is 4.90 Å². The van der Waals surface area contributed by atoms with Crippen LogP contribution in [0.3, 0.4) is 0 Å². The Morgan fingerprint density at radius 1 is 1.04 bits per heavy atom. The molecule has 3 rings (SSSR count). The summed E-state index contributed by atoms with van der Waals surface area (Å²) in [4.78, 5) is 5.14. The summed E-state index contributed by atoms with van der Waals surface area (Å²) in [5.74, 6) is -2.16. The minimum absolute atomic E-state index is 0.147. The molecule has 134 valence electrons. The molecular formula is C16H16ClF2N3O2S. The Hall–Kier alpha value is -1.61. The Kier molecular flexibility index (Phi) is 5.33. The number of pyridine rings is 1. The van der Waals surface area contributed by atoms with Crippen LogP contribution in [-0.4, -0.2) is 48.8 Å². The Morgan fingerprint density at radius 3 is 2.28 bits per heavy atom. The number of aromatic nitrogens is 1. The van der Waals surface area contributed by atoms with Crippen molar-refractivity contribution in [2.45, 2.75) is 11.4 Å². The summed E-state index contributed by atoms with van der Waals surface area (Å²) >= 11 is 6.03. The molecule has 1 aliphatic rings. The van der Waals surface area contributed by atoms with Crippen molar-refractivity contribution in [1.29, 1.82) is 0 Å². The van der Waals surface area contributed by atoms with E-state index in [1.54, 1.807) is 12.3 Å². The van der Waals surface area contributed by atoms with Gasteiger partial charge in [-0.1, -0.05) is 23.7 Å². The van der Waals surface area contributed by atoms with Gasteiger partial charge in [-0.05, 0) is 18.2 Å². The number of rotatable bonds is 4. The number of hydrogen-bond donors (Lipinski definition) is 0. The topological polar surface area (TPSA) is 53.5 Å². The van der Waals surface area contributed by atoms with Gasteiger partial charge < -0.3 is 0 Å². The maximum absolute atomic E-state index is 13.8. The smallest absolute Gasteiger partial charge is 0.249 e. The molecule has 1 aromatic carbocycles. The average molecular weight is 388 g/mol. The van der Waals surface area contributed by atoms with Gasteiger partial charge in [0.05, 0.1) is 0 Å². The number of nitrogens with zero attached hydrogens (tertiary/aromatic N) is 3. The fraction of sp³-hybridized carbons (Fsp3) is 0.312. The van der Waals surface area contributed by atoms with E-state index in [0.29, 0.717) is 24.8 Å². The van der Waals surface area contributed by atoms with E-state index in [-0.39, 0.29) is 13.1 Å². The largest absolute Gasteiger partial charge is 0.296 e. The summed E-state index contributed by atoms with van der Waals surface area (Å²) in [6, 6.07) is 6.66. The van der Waals surface area contributed by atoms with E-state index in [1.807, 2.05) is 11.0 Å². The molecule has 0 atom stereocenters. The van der Waals surface area contributed by atoms with Crippen LogP contribution in [-0.2, 0) is 16.6 Å². The minimum Gasteiger partial charge on any atom is -0.296 e. The predicted molar refractivity (Wildman–Crippen MR) is 89.6 cm³/mol. The maximum Gasteiger partial charge on any atom is 0.249 e. The molecule has 0 unspecified atom stereocenters. The lowest BCUT2D eigenvalue weighted by molar-refractivity contribution is 0.181. The summed E-state index contributed by atoms with van der Waals surface area (Å²) < 4.78 is 53.9. The summed E-state index contributed by atoms with van der Waals surface area (Å²) in [5, 5.41) is 0.408. The van der Waals surface area contributed by atoms with Gasteiger partial charge in [-0.2, -0.15) is 4.31 Å². The van der Waals surface area contributed by atoms with Crippen LogP contribution in [0.4, 0.5) is 8.78 Å². The molecule has 2 heterocycles. The molecule has 0 N–H and O–H groups in total. The van der Waals surface area contributed by atoms with E-state index in [2.05, 4.69) is 4.98 Å². The summed E-state index contributed by atoms with van der Waals surface area (Å²) in [5.41, 5.74) is 0.848. The zero-order valence-electron chi connectivity index (χ0n) is 13.2. The number of benzene rings is 1. The zero-order chi connectivity index (χ0) is 18.0. The van der Waals surface area contributed by atoms with Gasteiger partial charge >= 0.3 is 0 Å². The van der Waals surface area contributed by atoms with Gasteiger partial charge in [0.2, 0.25) is 10.0 Å². The second-order valence-electron chi connectivity index (χ2n) is 5.68. The highest BCUT2D eigenvalue weighted by Crippen LogP contribution is 2.24. The molecule has 0 saturated carbocycles. The van der Waals surface area contributed by atoms with Gasteiger partial charge in [-0.15, -0.1) is 0 Å². The summed E-state index contributed by atoms with van der Waals surface area (Å²) in [6.45, 7) is 1.69. The molecule has 25 heavy (non-hydrogen) atoms. The molecule has 1 fully saturated rings. The van der Waals surface area contributed by atoms with Gasteiger partial charge in [0.15, 0.2) is 4.90 Å². The van der Waals surface area contributed by atoms with Gasteiger partial charge in [0, 0.05) is 44.5 Å². The van der Waals surface area contributed by atoms with Crippen molar-refractivity contribution in [2.24, 2.45) is 0 Å². The molecule has 1 aliphatic heterocycles. The lowest BCUT2D eigenvalue weighted by Crippen LogP contribution is -2.48. The molecule has 1 aromatic heterocycles. The molecule has 0 aliphatic carbocycles. The zero-order valence-corrected chi connectivity index (χ0v) is 14.8. The highest BCUT2D eigenvalue weighted by Gasteiger charge is 2.33. The number of halogens is 3. The van der Waals surface area contributed by atoms with Crippen molar-refractivity contribution in [3.05, 3.63) is 58.9 Å². The van der Waals surface area contributed by atoms with Crippen LogP contribution < -0.4 is 0 Å². The van der Waals surface area contributed by atoms with Crippen LogP contribution in [0.2, 0.25) is 5.15 Å². The first-order valence-electron chi connectivity index (χ1n) is 7.65. The van der Waals surface area contributed by atoms with E-state index >= 15 is 0 Å². The van der Waals surface area contributed by atoms with Crippen LogP contribution in [0.1, 0.15) is 5.56 Å². The van der Waals surface area contributed by atoms with Crippen LogP contribution in [0, 0.1) is 11.6 Å². The maximum atomic E-state index is 13.8. The normalized spacial score (nSPS) is 16.9. The van der Waals surface area contributed by atoms with E-state index < -0.39 is 26.6 Å². The van der Waals surface area contributed by atoms with E-state index in [0.717, 1.165) is 28.1 Å². The van der Waals surface area contributed by atoms with Gasteiger partial charge in [0.25, 0.3) is 0 Å². The predicted octanol–water partition coefficient (Wildman–Crippen LogP) is 2.52. The molecule has 1 saturated heterocycles. The second kappa shape index (κ2) is 7.33. The van der Waals surface area contributed by atoms with Crippen molar-refractivity contribution in [3.63, 3.8) is 0 Å². The van der Waals surface area contributed by atoms with E-state index in [4.69, 9.17) is 11.6 Å². The van der Waals surface area contributed by atoms with E-state index in [1.165, 1.54) is 0 Å². The van der Waals surface area contributed by atoms with Gasteiger partial charge in [-0.25, -0.2) is 22.2 Å². The molecule has 2 aromatic rings. The van der Waals surface area contributed by atoms with Crippen molar-refractivity contribution in [2.75, 3.05) is 26.2 Å². The Balaban J connectivity index is 1.71. The van der Waals surface area contributed by atoms with Crippen LogP contribution >= 0.6 is 11.6 Å². The van der Waals surface area contributed by atoms with Crippen LogP contribution in [0.5, 0.6) is 0 Å². The Labute approximate surface area is 149 Å². The molecule has 9 heteroatoms. The van der Waals surface area contributed by atoms with E-state index in [9.17, 15) is 17.2 Å². The standard InChI is InChI=1S/C16H16ClF2N3O2S/c17-16-12(3-2-6-20-16)11-21-7-9-22(10-8-21)25(23,24)15-13(18)4-1-5-14(15)19/h1-6H,7-11H2. The first-order valence-corrected chi connectivity index (χ1v) is 9.47. The van der Waals surface area contributed by atoms with Gasteiger partial charge in [0.1, 0.15) is 16.8 Å². The van der Waals surface area contributed by atoms with Crippen molar-refractivity contribution >= 4 is 21.6 Å². The molecule has 0 radical (unpaired) electrons. The fourth-order valence-corrected chi connectivity index (χ4v) is 4.47. The quantitative estimate of drug-likeness (QED) is 0.756. The second-order valence-corrected chi connectivity index (χ2v) is 7.92. The minimum atomic E-state index is -4.21. The third kappa shape index (κ3) is 3.82. The lowest BCUT2D eigenvalue weighted by atomic mass is 10.2.